The molecule has 146 valence electrons. The van der Waals surface area contributed by atoms with Crippen molar-refractivity contribution in [3.8, 4) is 11.1 Å². The molecular weight excluding hydrogens is 360 g/mol. The van der Waals surface area contributed by atoms with E-state index in [0.717, 1.165) is 35.2 Å². The molecule has 0 aliphatic heterocycles. The Hall–Kier alpha value is -3.40. The molecule has 2 N–H and O–H groups in total. The number of benzene rings is 3. The predicted octanol–water partition coefficient (Wildman–Crippen LogP) is 5.19. The molecule has 3 aromatic rings. The predicted molar refractivity (Wildman–Crippen MR) is 116 cm³/mol. The van der Waals surface area contributed by atoms with E-state index in [9.17, 15) is 9.59 Å². The van der Waals surface area contributed by atoms with Crippen molar-refractivity contribution in [2.75, 3.05) is 5.32 Å². The average Bonchev–Trinajstić information content (AvgIpc) is 3.60. The zero-order valence-electron chi connectivity index (χ0n) is 16.4. The van der Waals surface area contributed by atoms with E-state index in [-0.39, 0.29) is 23.8 Å². The minimum Gasteiger partial charge on any atom is -0.345 e. The number of hydrogen-bond donors (Lipinski definition) is 2. The van der Waals surface area contributed by atoms with E-state index in [2.05, 4.69) is 10.6 Å². The van der Waals surface area contributed by atoms with E-state index >= 15 is 0 Å². The topological polar surface area (TPSA) is 58.2 Å². The maximum Gasteiger partial charge on any atom is 0.252 e. The van der Waals surface area contributed by atoms with Crippen molar-refractivity contribution < 1.29 is 9.59 Å². The molecule has 3 aromatic carbocycles. The summed E-state index contributed by atoms with van der Waals surface area (Å²) in [6.07, 6.45) is 1.97. The summed E-state index contributed by atoms with van der Waals surface area (Å²) in [7, 11) is 0. The van der Waals surface area contributed by atoms with Crippen LogP contribution in [0.25, 0.3) is 11.1 Å². The Morgan fingerprint density at radius 2 is 1.52 bits per heavy atom. The summed E-state index contributed by atoms with van der Waals surface area (Å²) >= 11 is 0. The molecule has 4 heteroatoms. The lowest BCUT2D eigenvalue weighted by Crippen LogP contribution is -2.27. The molecule has 1 unspecified atom stereocenters. The smallest absolute Gasteiger partial charge is 0.252 e. The number of hydrogen-bond acceptors (Lipinski definition) is 2. The van der Waals surface area contributed by atoms with Crippen LogP contribution in [0.15, 0.2) is 78.9 Å². The van der Waals surface area contributed by atoms with Crippen LogP contribution in [0.4, 0.5) is 5.69 Å². The fourth-order valence-corrected chi connectivity index (χ4v) is 3.35. The largest absolute Gasteiger partial charge is 0.345 e. The van der Waals surface area contributed by atoms with Gasteiger partial charge in [0.25, 0.3) is 5.91 Å². The van der Waals surface area contributed by atoms with Gasteiger partial charge in [0.05, 0.1) is 6.04 Å². The Kier molecular flexibility index (Phi) is 5.43. The zero-order chi connectivity index (χ0) is 20.2. The monoisotopic (exact) mass is 384 g/mol. The Bertz CT molecular complexity index is 1010. The van der Waals surface area contributed by atoms with Gasteiger partial charge >= 0.3 is 0 Å². The maximum absolute atomic E-state index is 12.9. The first-order chi connectivity index (χ1) is 14.1. The maximum atomic E-state index is 12.9. The zero-order valence-corrected chi connectivity index (χ0v) is 16.4. The molecule has 0 saturated heterocycles. The van der Waals surface area contributed by atoms with E-state index in [0.29, 0.717) is 5.56 Å². The van der Waals surface area contributed by atoms with Gasteiger partial charge in [-0.3, -0.25) is 9.59 Å². The van der Waals surface area contributed by atoms with Crippen LogP contribution in [0.1, 0.15) is 41.7 Å². The van der Waals surface area contributed by atoms with Gasteiger partial charge in [0, 0.05) is 17.2 Å². The summed E-state index contributed by atoms with van der Waals surface area (Å²) in [5, 5.41) is 6.02. The van der Waals surface area contributed by atoms with Crippen LogP contribution in [0.5, 0.6) is 0 Å². The fraction of sp³-hybridized carbons (Fsp3) is 0.200. The summed E-state index contributed by atoms with van der Waals surface area (Å²) in [5.41, 5.74) is 4.36. The van der Waals surface area contributed by atoms with Crippen LogP contribution >= 0.6 is 0 Å². The van der Waals surface area contributed by atoms with Crippen LogP contribution in [0.3, 0.4) is 0 Å². The van der Waals surface area contributed by atoms with E-state index in [4.69, 9.17) is 0 Å². The lowest BCUT2D eigenvalue weighted by Gasteiger charge is -2.17. The van der Waals surface area contributed by atoms with Gasteiger partial charge in [-0.25, -0.2) is 0 Å². The van der Waals surface area contributed by atoms with Crippen molar-refractivity contribution in [2.24, 2.45) is 5.92 Å². The molecule has 0 heterocycles. The average molecular weight is 384 g/mol. The molecule has 1 fully saturated rings. The minimum atomic E-state index is -0.153. The first kappa shape index (κ1) is 18.9. The molecule has 2 amide bonds. The molecule has 4 nitrogen and oxygen atoms in total. The molecule has 0 radical (unpaired) electrons. The van der Waals surface area contributed by atoms with Crippen molar-refractivity contribution in [3.05, 3.63) is 90.0 Å². The molecule has 1 aliphatic carbocycles. The number of carbonyl (C=O) groups is 2. The summed E-state index contributed by atoms with van der Waals surface area (Å²) < 4.78 is 0. The van der Waals surface area contributed by atoms with E-state index in [1.807, 2.05) is 85.8 Å². The van der Waals surface area contributed by atoms with Gasteiger partial charge in [-0.05, 0) is 54.7 Å². The first-order valence-corrected chi connectivity index (χ1v) is 9.98. The molecular formula is C25H24N2O2. The molecule has 4 rings (SSSR count). The van der Waals surface area contributed by atoms with Crippen molar-refractivity contribution in [3.63, 3.8) is 0 Å². The lowest BCUT2D eigenvalue weighted by molar-refractivity contribution is -0.117. The van der Waals surface area contributed by atoms with Crippen LogP contribution in [0, 0.1) is 5.92 Å². The second kappa shape index (κ2) is 8.31. The highest BCUT2D eigenvalue weighted by atomic mass is 16.2. The highest BCUT2D eigenvalue weighted by molar-refractivity contribution is 6.01. The highest BCUT2D eigenvalue weighted by Crippen LogP contribution is 2.30. The van der Waals surface area contributed by atoms with Gasteiger partial charge in [0.1, 0.15) is 0 Å². The lowest BCUT2D eigenvalue weighted by atomic mass is 9.98. The van der Waals surface area contributed by atoms with Gasteiger partial charge in [-0.1, -0.05) is 60.7 Å². The normalized spacial score (nSPS) is 14.1. The van der Waals surface area contributed by atoms with E-state index in [1.54, 1.807) is 0 Å². The highest BCUT2D eigenvalue weighted by Gasteiger charge is 2.29. The number of nitrogens with one attached hydrogen (secondary N) is 2. The molecule has 1 atom stereocenters. The van der Waals surface area contributed by atoms with Crippen molar-refractivity contribution in [1.82, 2.24) is 5.32 Å². The van der Waals surface area contributed by atoms with Gasteiger partial charge in [0.2, 0.25) is 5.91 Å². The van der Waals surface area contributed by atoms with Crippen molar-refractivity contribution in [1.29, 1.82) is 0 Å². The first-order valence-electron chi connectivity index (χ1n) is 9.98. The Morgan fingerprint density at radius 1 is 0.862 bits per heavy atom. The third kappa shape index (κ3) is 4.54. The number of amides is 2. The van der Waals surface area contributed by atoms with Crippen LogP contribution in [-0.4, -0.2) is 11.8 Å². The van der Waals surface area contributed by atoms with Crippen LogP contribution in [-0.2, 0) is 4.79 Å². The third-order valence-corrected chi connectivity index (χ3v) is 5.23. The number of carbonyl (C=O) groups excluding carboxylic acids is 2. The van der Waals surface area contributed by atoms with Gasteiger partial charge in [-0.15, -0.1) is 0 Å². The Labute approximate surface area is 171 Å². The molecule has 1 aliphatic rings. The van der Waals surface area contributed by atoms with Crippen molar-refractivity contribution in [2.45, 2.75) is 25.8 Å². The molecule has 0 spiro atoms. The molecule has 1 saturated carbocycles. The van der Waals surface area contributed by atoms with Crippen LogP contribution < -0.4 is 10.6 Å². The fourth-order valence-electron chi connectivity index (χ4n) is 3.35. The summed E-state index contributed by atoms with van der Waals surface area (Å²) in [6, 6.07) is 25.0. The van der Waals surface area contributed by atoms with E-state index < -0.39 is 0 Å². The van der Waals surface area contributed by atoms with Crippen molar-refractivity contribution >= 4 is 17.5 Å². The van der Waals surface area contributed by atoms with Crippen LogP contribution in [0.2, 0.25) is 0 Å². The second-order valence-electron chi connectivity index (χ2n) is 7.49. The Morgan fingerprint density at radius 3 is 2.21 bits per heavy atom. The standard InChI is InChI=1S/C25H24N2O2/c1-17(18-13-15-21(16-14-18)27-24(28)20-11-12-20)26-25(29)23-10-6-5-9-22(23)19-7-3-2-4-8-19/h2-10,13-17,20H,11-12H2,1H3,(H,26,29)(H,27,28). The quantitative estimate of drug-likeness (QED) is 0.614. The summed E-state index contributed by atoms with van der Waals surface area (Å²) in [5.74, 6) is 0.164. The Balaban J connectivity index is 1.45. The van der Waals surface area contributed by atoms with Gasteiger partial charge < -0.3 is 10.6 Å². The molecule has 29 heavy (non-hydrogen) atoms. The van der Waals surface area contributed by atoms with E-state index in [1.165, 1.54) is 0 Å². The molecule has 0 bridgehead atoms. The second-order valence-corrected chi connectivity index (χ2v) is 7.49. The summed E-state index contributed by atoms with van der Waals surface area (Å²) in [6.45, 7) is 1.96. The number of rotatable bonds is 6. The molecule has 0 aromatic heterocycles. The summed E-state index contributed by atoms with van der Waals surface area (Å²) in [4.78, 5) is 24.8. The van der Waals surface area contributed by atoms with Gasteiger partial charge in [-0.2, -0.15) is 0 Å². The minimum absolute atomic E-state index is 0.0941. The number of anilines is 1. The third-order valence-electron chi connectivity index (χ3n) is 5.23. The van der Waals surface area contributed by atoms with Gasteiger partial charge in [0.15, 0.2) is 0 Å². The SMILES string of the molecule is CC(NC(=O)c1ccccc1-c1ccccc1)c1ccc(NC(=O)C2CC2)cc1.